The summed E-state index contributed by atoms with van der Waals surface area (Å²) in [6.45, 7) is 4.07. The minimum absolute atomic E-state index is 0.238. The number of hydrogen-bond donors (Lipinski definition) is 0. The zero-order valence-electron chi connectivity index (χ0n) is 10.8. The zero-order chi connectivity index (χ0) is 12.5. The minimum Gasteiger partial charge on any atom is -0.496 e. The Hall–Kier alpha value is -1.31. The van der Waals surface area contributed by atoms with Crippen molar-refractivity contribution >= 4 is 6.29 Å². The van der Waals surface area contributed by atoms with Crippen LogP contribution in [0, 0.1) is 11.3 Å². The first kappa shape index (κ1) is 12.2. The van der Waals surface area contributed by atoms with E-state index in [-0.39, 0.29) is 5.41 Å². The molecule has 2 rings (SSSR count). The maximum Gasteiger partial charge on any atom is 0.125 e. The summed E-state index contributed by atoms with van der Waals surface area (Å²) in [6, 6.07) is 6.22. The molecule has 0 fully saturated rings. The van der Waals surface area contributed by atoms with Crippen LogP contribution in [-0.4, -0.2) is 13.4 Å². The van der Waals surface area contributed by atoms with Crippen LogP contribution in [0.5, 0.6) is 5.75 Å². The number of aldehydes is 1. The maximum absolute atomic E-state index is 11.2. The van der Waals surface area contributed by atoms with Gasteiger partial charge in [-0.3, -0.25) is 0 Å². The standard InChI is InChI=1S/C15H20O2/c1-15(2,10-16)12-8-7-11-5-4-6-14(17-3)13(11)9-12/h4-6,10,12H,7-9H2,1-3H3. The normalized spacial score (nSPS) is 19.6. The lowest BCUT2D eigenvalue weighted by Crippen LogP contribution is -2.30. The third-order valence-corrected chi connectivity index (χ3v) is 4.02. The van der Waals surface area contributed by atoms with Crippen LogP contribution in [0.4, 0.5) is 0 Å². The molecule has 92 valence electrons. The summed E-state index contributed by atoms with van der Waals surface area (Å²) in [6.07, 6.45) is 4.18. The molecule has 0 radical (unpaired) electrons. The van der Waals surface area contributed by atoms with E-state index in [1.165, 1.54) is 11.1 Å². The van der Waals surface area contributed by atoms with Gasteiger partial charge in [0.2, 0.25) is 0 Å². The van der Waals surface area contributed by atoms with Crippen LogP contribution in [0.25, 0.3) is 0 Å². The van der Waals surface area contributed by atoms with Crippen LogP contribution in [0.2, 0.25) is 0 Å². The average Bonchev–Trinajstić information content (AvgIpc) is 2.37. The minimum atomic E-state index is -0.238. The van der Waals surface area contributed by atoms with Gasteiger partial charge in [-0.25, -0.2) is 0 Å². The molecule has 0 amide bonds. The molecule has 0 aromatic heterocycles. The first-order valence-corrected chi connectivity index (χ1v) is 6.19. The fourth-order valence-electron chi connectivity index (χ4n) is 2.68. The predicted octanol–water partition coefficient (Wildman–Crippen LogP) is 3.03. The number of ether oxygens (including phenoxy) is 1. The van der Waals surface area contributed by atoms with Gasteiger partial charge in [0.05, 0.1) is 7.11 Å². The van der Waals surface area contributed by atoms with Crippen LogP contribution >= 0.6 is 0 Å². The van der Waals surface area contributed by atoms with Crippen molar-refractivity contribution in [3.8, 4) is 5.75 Å². The quantitative estimate of drug-likeness (QED) is 0.749. The van der Waals surface area contributed by atoms with E-state index in [9.17, 15) is 4.79 Å². The Kier molecular flexibility index (Phi) is 3.23. The lowest BCUT2D eigenvalue weighted by atomic mass is 9.70. The van der Waals surface area contributed by atoms with Crippen molar-refractivity contribution in [3.05, 3.63) is 29.3 Å². The number of benzene rings is 1. The molecule has 0 heterocycles. The molecule has 1 aliphatic carbocycles. The van der Waals surface area contributed by atoms with Crippen LogP contribution in [0.1, 0.15) is 31.4 Å². The molecule has 1 aliphatic rings. The van der Waals surface area contributed by atoms with Crippen LogP contribution in [0.15, 0.2) is 18.2 Å². The first-order valence-electron chi connectivity index (χ1n) is 6.19. The van der Waals surface area contributed by atoms with E-state index in [1.54, 1.807) is 7.11 Å². The Bertz CT molecular complexity index is 407. The van der Waals surface area contributed by atoms with Gasteiger partial charge in [-0.15, -0.1) is 0 Å². The molecule has 1 atom stereocenters. The van der Waals surface area contributed by atoms with Crippen molar-refractivity contribution in [1.82, 2.24) is 0 Å². The molecule has 0 aliphatic heterocycles. The Balaban J connectivity index is 2.32. The predicted molar refractivity (Wildman–Crippen MR) is 68.4 cm³/mol. The molecular weight excluding hydrogens is 212 g/mol. The molecule has 0 bridgehead atoms. The molecule has 17 heavy (non-hydrogen) atoms. The molecule has 0 saturated carbocycles. The third kappa shape index (κ3) is 2.21. The summed E-state index contributed by atoms with van der Waals surface area (Å²) in [5.41, 5.74) is 2.43. The topological polar surface area (TPSA) is 26.3 Å². The number of aryl methyl sites for hydroxylation is 1. The summed E-state index contributed by atoms with van der Waals surface area (Å²) in [7, 11) is 1.71. The maximum atomic E-state index is 11.2. The van der Waals surface area contributed by atoms with E-state index >= 15 is 0 Å². The lowest BCUT2D eigenvalue weighted by Gasteiger charge is -2.34. The smallest absolute Gasteiger partial charge is 0.125 e. The summed E-state index contributed by atoms with van der Waals surface area (Å²) in [5, 5.41) is 0. The molecule has 1 aromatic carbocycles. The highest BCUT2D eigenvalue weighted by atomic mass is 16.5. The molecule has 0 saturated heterocycles. The molecule has 2 heteroatoms. The van der Waals surface area contributed by atoms with E-state index in [1.807, 2.05) is 26.0 Å². The fourth-order valence-corrected chi connectivity index (χ4v) is 2.68. The average molecular weight is 232 g/mol. The number of carbonyl (C=O) groups is 1. The SMILES string of the molecule is COc1cccc2c1CC(C(C)(C)C=O)CC2. The van der Waals surface area contributed by atoms with Crippen molar-refractivity contribution in [3.63, 3.8) is 0 Å². The number of methoxy groups -OCH3 is 1. The van der Waals surface area contributed by atoms with Crippen molar-refractivity contribution in [2.24, 2.45) is 11.3 Å². The second kappa shape index (κ2) is 4.52. The summed E-state index contributed by atoms with van der Waals surface area (Å²) in [5.74, 6) is 1.39. The zero-order valence-corrected chi connectivity index (χ0v) is 10.8. The molecular formula is C15H20O2. The van der Waals surface area contributed by atoms with Gasteiger partial charge in [0.25, 0.3) is 0 Å². The van der Waals surface area contributed by atoms with Gasteiger partial charge in [-0.05, 0) is 42.4 Å². The van der Waals surface area contributed by atoms with E-state index in [2.05, 4.69) is 6.07 Å². The van der Waals surface area contributed by atoms with E-state index in [4.69, 9.17) is 4.74 Å². The van der Waals surface area contributed by atoms with Gasteiger partial charge in [0.1, 0.15) is 12.0 Å². The molecule has 0 N–H and O–H groups in total. The van der Waals surface area contributed by atoms with Crippen molar-refractivity contribution in [2.45, 2.75) is 33.1 Å². The monoisotopic (exact) mass is 232 g/mol. The highest BCUT2D eigenvalue weighted by Crippen LogP contribution is 2.39. The summed E-state index contributed by atoms with van der Waals surface area (Å²) in [4.78, 5) is 11.2. The number of carbonyl (C=O) groups excluding carboxylic acids is 1. The largest absolute Gasteiger partial charge is 0.496 e. The van der Waals surface area contributed by atoms with Crippen LogP contribution in [-0.2, 0) is 17.6 Å². The van der Waals surface area contributed by atoms with Crippen LogP contribution < -0.4 is 4.74 Å². The highest BCUT2D eigenvalue weighted by Gasteiger charge is 2.33. The lowest BCUT2D eigenvalue weighted by molar-refractivity contribution is -0.117. The molecule has 2 nitrogen and oxygen atoms in total. The summed E-state index contributed by atoms with van der Waals surface area (Å²) < 4.78 is 5.42. The van der Waals surface area contributed by atoms with Gasteiger partial charge >= 0.3 is 0 Å². The van der Waals surface area contributed by atoms with Crippen molar-refractivity contribution in [1.29, 1.82) is 0 Å². The number of fused-ring (bicyclic) bond motifs is 1. The second-order valence-electron chi connectivity index (χ2n) is 5.48. The number of rotatable bonds is 3. The molecule has 1 aromatic rings. The number of hydrogen-bond acceptors (Lipinski definition) is 2. The molecule has 1 unspecified atom stereocenters. The Morgan fingerprint density at radius 1 is 1.41 bits per heavy atom. The Labute approximate surface area is 103 Å². The Morgan fingerprint density at radius 2 is 2.18 bits per heavy atom. The highest BCUT2D eigenvalue weighted by molar-refractivity contribution is 5.59. The van der Waals surface area contributed by atoms with Gasteiger partial charge in [0, 0.05) is 5.41 Å². The van der Waals surface area contributed by atoms with Gasteiger partial charge in [-0.2, -0.15) is 0 Å². The molecule has 0 spiro atoms. The second-order valence-corrected chi connectivity index (χ2v) is 5.48. The van der Waals surface area contributed by atoms with Crippen molar-refractivity contribution < 1.29 is 9.53 Å². The summed E-state index contributed by atoms with van der Waals surface area (Å²) >= 11 is 0. The van der Waals surface area contributed by atoms with Gasteiger partial charge in [-0.1, -0.05) is 26.0 Å². The van der Waals surface area contributed by atoms with E-state index in [0.717, 1.165) is 31.3 Å². The van der Waals surface area contributed by atoms with Crippen molar-refractivity contribution in [2.75, 3.05) is 7.11 Å². The third-order valence-electron chi connectivity index (χ3n) is 4.02. The first-order chi connectivity index (χ1) is 8.08. The fraction of sp³-hybridized carbons (Fsp3) is 0.533. The Morgan fingerprint density at radius 3 is 2.82 bits per heavy atom. The van der Waals surface area contributed by atoms with Crippen LogP contribution in [0.3, 0.4) is 0 Å². The van der Waals surface area contributed by atoms with E-state index in [0.29, 0.717) is 5.92 Å². The van der Waals surface area contributed by atoms with E-state index < -0.39 is 0 Å². The van der Waals surface area contributed by atoms with Gasteiger partial charge in [0.15, 0.2) is 0 Å². The van der Waals surface area contributed by atoms with Gasteiger partial charge < -0.3 is 9.53 Å².